The summed E-state index contributed by atoms with van der Waals surface area (Å²) < 4.78 is 19.6. The van der Waals surface area contributed by atoms with Crippen LogP contribution in [0.4, 0.5) is 4.39 Å². The van der Waals surface area contributed by atoms with Crippen LogP contribution in [0, 0.1) is 23.1 Å². The summed E-state index contributed by atoms with van der Waals surface area (Å²) in [7, 11) is 0. The molecule has 2 aliphatic heterocycles. The molecule has 0 radical (unpaired) electrons. The minimum Gasteiger partial charge on any atom is -0.378 e. The molecule has 2 fully saturated rings. The molecule has 1 aromatic heterocycles. The maximum Gasteiger partial charge on any atom is 0.176 e. The Labute approximate surface area is 157 Å². The number of rotatable bonds is 4. The third-order valence-electron chi connectivity index (χ3n) is 5.48. The molecule has 2 aromatic rings. The molecule has 0 spiro atoms. The number of carbonyl (C=O) groups excluding carboxylic acids is 1. The lowest BCUT2D eigenvalue weighted by atomic mass is 9.80. The summed E-state index contributed by atoms with van der Waals surface area (Å²) in [5.74, 6) is -1.01. The maximum absolute atomic E-state index is 13.8. The second kappa shape index (κ2) is 7.55. The molecule has 2 saturated heterocycles. The van der Waals surface area contributed by atoms with Crippen molar-refractivity contribution in [1.82, 2.24) is 9.88 Å². The predicted octanol–water partition coefficient (Wildman–Crippen LogP) is 2.95. The first kappa shape index (κ1) is 17.8. The number of pyridine rings is 1. The zero-order valence-corrected chi connectivity index (χ0v) is 14.8. The van der Waals surface area contributed by atoms with Gasteiger partial charge in [-0.15, -0.1) is 0 Å². The first-order valence-corrected chi connectivity index (χ1v) is 9.13. The molecule has 2 aliphatic rings. The molecule has 2 bridgehead atoms. The largest absolute Gasteiger partial charge is 0.378 e. The summed E-state index contributed by atoms with van der Waals surface area (Å²) in [6, 6.07) is 13.4. The number of ketones is 1. The van der Waals surface area contributed by atoms with E-state index in [0.717, 1.165) is 12.6 Å². The van der Waals surface area contributed by atoms with Crippen LogP contribution in [-0.2, 0) is 11.3 Å². The second-order valence-corrected chi connectivity index (χ2v) is 7.20. The van der Waals surface area contributed by atoms with Crippen molar-refractivity contribution in [3.63, 3.8) is 0 Å². The van der Waals surface area contributed by atoms with Crippen molar-refractivity contribution < 1.29 is 13.9 Å². The molecule has 0 saturated carbocycles. The number of nitriles is 1. The zero-order chi connectivity index (χ0) is 18.8. The fraction of sp³-hybridized carbons (Fsp3) is 0.381. The lowest BCUT2D eigenvalue weighted by Gasteiger charge is -2.48. The second-order valence-electron chi connectivity index (χ2n) is 7.20. The van der Waals surface area contributed by atoms with Crippen molar-refractivity contribution in [2.24, 2.45) is 5.92 Å². The molecular formula is C21H20FN3O2. The number of fused-ring (bicyclic) bond motifs is 2. The van der Waals surface area contributed by atoms with Gasteiger partial charge in [0.05, 0.1) is 13.2 Å². The van der Waals surface area contributed by atoms with Crippen LogP contribution in [0.25, 0.3) is 0 Å². The lowest BCUT2D eigenvalue weighted by molar-refractivity contribution is -0.0872. The number of hydrogen-bond acceptors (Lipinski definition) is 5. The number of hydrogen-bond donors (Lipinski definition) is 0. The van der Waals surface area contributed by atoms with E-state index in [4.69, 9.17) is 10.00 Å². The topological polar surface area (TPSA) is 66.2 Å². The van der Waals surface area contributed by atoms with E-state index in [2.05, 4.69) is 22.0 Å². The molecule has 2 atom stereocenters. The van der Waals surface area contributed by atoms with Crippen molar-refractivity contribution in [2.45, 2.75) is 31.5 Å². The van der Waals surface area contributed by atoms with Crippen molar-refractivity contribution in [1.29, 1.82) is 5.26 Å². The minimum atomic E-state index is -0.742. The van der Waals surface area contributed by atoms with E-state index in [-0.39, 0.29) is 35.0 Å². The molecule has 2 unspecified atom stereocenters. The molecule has 6 heteroatoms. The number of Topliss-reactive ketones (excluding diaryl/α,β-unsaturated/α-hetero) is 1. The molecule has 138 valence electrons. The van der Waals surface area contributed by atoms with Crippen LogP contribution in [0.5, 0.6) is 0 Å². The van der Waals surface area contributed by atoms with Crippen molar-refractivity contribution in [3.05, 3.63) is 65.2 Å². The van der Waals surface area contributed by atoms with Gasteiger partial charge in [0, 0.05) is 36.3 Å². The van der Waals surface area contributed by atoms with Crippen molar-refractivity contribution >= 4 is 5.78 Å². The summed E-state index contributed by atoms with van der Waals surface area (Å²) >= 11 is 0. The van der Waals surface area contributed by atoms with Gasteiger partial charge in [0.1, 0.15) is 6.07 Å². The van der Waals surface area contributed by atoms with Crippen LogP contribution in [0.2, 0.25) is 0 Å². The van der Waals surface area contributed by atoms with E-state index in [1.807, 2.05) is 18.2 Å². The summed E-state index contributed by atoms with van der Waals surface area (Å²) in [6.07, 6.45) is 2.68. The van der Waals surface area contributed by atoms with E-state index in [1.54, 1.807) is 6.07 Å². The minimum absolute atomic E-state index is 0.0952. The van der Waals surface area contributed by atoms with Gasteiger partial charge in [0.25, 0.3) is 0 Å². The normalized spacial score (nSPS) is 25.0. The summed E-state index contributed by atoms with van der Waals surface area (Å²) in [4.78, 5) is 19.1. The molecule has 0 aliphatic carbocycles. The number of halogens is 1. The Morgan fingerprint density at radius 3 is 2.59 bits per heavy atom. The van der Waals surface area contributed by atoms with Crippen LogP contribution in [0.3, 0.4) is 0 Å². The number of benzene rings is 1. The van der Waals surface area contributed by atoms with Gasteiger partial charge in [-0.1, -0.05) is 30.3 Å². The van der Waals surface area contributed by atoms with Crippen LogP contribution in [-0.4, -0.2) is 41.0 Å². The Morgan fingerprint density at radius 2 is 1.96 bits per heavy atom. The Kier molecular flexibility index (Phi) is 4.97. The fourth-order valence-corrected chi connectivity index (χ4v) is 4.15. The molecule has 0 N–H and O–H groups in total. The highest BCUT2D eigenvalue weighted by atomic mass is 19.1. The van der Waals surface area contributed by atoms with Crippen molar-refractivity contribution in [3.8, 4) is 6.07 Å². The van der Waals surface area contributed by atoms with Gasteiger partial charge in [0.15, 0.2) is 17.3 Å². The van der Waals surface area contributed by atoms with E-state index in [9.17, 15) is 9.18 Å². The highest BCUT2D eigenvalue weighted by molar-refractivity contribution is 5.97. The monoisotopic (exact) mass is 365 g/mol. The average molecular weight is 365 g/mol. The van der Waals surface area contributed by atoms with Crippen molar-refractivity contribution in [2.75, 3.05) is 13.2 Å². The molecule has 27 heavy (non-hydrogen) atoms. The maximum atomic E-state index is 13.8. The van der Waals surface area contributed by atoms with Gasteiger partial charge < -0.3 is 4.74 Å². The predicted molar refractivity (Wildman–Crippen MR) is 96.3 cm³/mol. The Balaban J connectivity index is 1.50. The molecule has 1 aromatic carbocycles. The van der Waals surface area contributed by atoms with Gasteiger partial charge in [-0.2, -0.15) is 5.26 Å². The Morgan fingerprint density at radius 1 is 1.26 bits per heavy atom. The van der Waals surface area contributed by atoms with Crippen LogP contribution >= 0.6 is 0 Å². The van der Waals surface area contributed by atoms with Gasteiger partial charge in [-0.3, -0.25) is 9.69 Å². The van der Waals surface area contributed by atoms with Gasteiger partial charge in [-0.05, 0) is 24.5 Å². The van der Waals surface area contributed by atoms with E-state index in [0.29, 0.717) is 26.1 Å². The first-order chi connectivity index (χ1) is 13.2. The number of carbonyl (C=O) groups is 1. The SMILES string of the molecule is N#Cc1ncc(C(=O)C2CC3COCC(C2)N3Cc2ccccc2)cc1F. The van der Waals surface area contributed by atoms with E-state index < -0.39 is 5.82 Å². The highest BCUT2D eigenvalue weighted by Crippen LogP contribution is 2.34. The van der Waals surface area contributed by atoms with Gasteiger partial charge in [0.2, 0.25) is 0 Å². The van der Waals surface area contributed by atoms with E-state index in [1.165, 1.54) is 11.8 Å². The van der Waals surface area contributed by atoms with Crippen LogP contribution < -0.4 is 0 Å². The first-order valence-electron chi connectivity index (χ1n) is 9.13. The van der Waals surface area contributed by atoms with Gasteiger partial charge in [-0.25, -0.2) is 9.37 Å². The standard InChI is InChI=1S/C21H20FN3O2/c22-19-8-16(10-24-20(19)9-23)21(26)15-6-17-12-27-13-18(7-15)25(17)11-14-4-2-1-3-5-14/h1-5,8,10,15,17-18H,6-7,11-13H2. The molecule has 4 rings (SSSR count). The zero-order valence-electron chi connectivity index (χ0n) is 14.8. The van der Waals surface area contributed by atoms with Crippen LogP contribution in [0.1, 0.15) is 34.5 Å². The summed E-state index contributed by atoms with van der Waals surface area (Å²) in [6.45, 7) is 2.05. The number of morpholine rings is 1. The van der Waals surface area contributed by atoms with Gasteiger partial charge >= 0.3 is 0 Å². The molecule has 5 nitrogen and oxygen atoms in total. The smallest absolute Gasteiger partial charge is 0.176 e. The highest BCUT2D eigenvalue weighted by Gasteiger charge is 2.41. The average Bonchev–Trinajstić information content (AvgIpc) is 2.68. The number of piperidine rings is 1. The molecular weight excluding hydrogens is 345 g/mol. The quantitative estimate of drug-likeness (QED) is 0.780. The lowest BCUT2D eigenvalue weighted by Crippen LogP contribution is -2.57. The van der Waals surface area contributed by atoms with Crippen LogP contribution in [0.15, 0.2) is 42.6 Å². The Hall–Kier alpha value is -2.62. The third-order valence-corrected chi connectivity index (χ3v) is 5.48. The summed E-state index contributed by atoms with van der Waals surface area (Å²) in [5, 5.41) is 8.80. The summed E-state index contributed by atoms with van der Waals surface area (Å²) in [5.41, 5.74) is 1.21. The van der Waals surface area contributed by atoms with E-state index >= 15 is 0 Å². The Bertz CT molecular complexity index is 867. The molecule has 0 amide bonds. The fourth-order valence-electron chi connectivity index (χ4n) is 4.15. The number of nitrogens with zero attached hydrogens (tertiary/aromatic N) is 3. The third kappa shape index (κ3) is 3.61. The number of aromatic nitrogens is 1. The number of ether oxygens (including phenoxy) is 1. The molecule has 3 heterocycles.